The third kappa shape index (κ3) is 2.02. The van der Waals surface area contributed by atoms with Crippen molar-refractivity contribution in [3.8, 4) is 0 Å². The molecule has 1 aliphatic rings. The van der Waals surface area contributed by atoms with E-state index in [4.69, 9.17) is 0 Å². The number of amides is 1. The summed E-state index contributed by atoms with van der Waals surface area (Å²) in [6.45, 7) is 0.861. The summed E-state index contributed by atoms with van der Waals surface area (Å²) in [7, 11) is 0. The second-order valence-corrected chi connectivity index (χ2v) is 6.22. The number of nitrogens with zero attached hydrogens (tertiary/aromatic N) is 3. The molecule has 25 heavy (non-hydrogen) atoms. The molecule has 0 bridgehead atoms. The minimum atomic E-state index is -0.0795. The van der Waals surface area contributed by atoms with Gasteiger partial charge in [-0.25, -0.2) is 9.50 Å². The Kier molecular flexibility index (Phi) is 2.85. The lowest BCUT2D eigenvalue weighted by atomic mass is 10.0. The zero-order chi connectivity index (χ0) is 17.0. The summed E-state index contributed by atoms with van der Waals surface area (Å²) in [4.78, 5) is 34.9. The molecule has 124 valence electrons. The molecule has 2 N–H and O–H groups in total. The Bertz CT molecular complexity index is 1180. The number of nitrogens with one attached hydrogen (secondary N) is 2. The lowest BCUT2D eigenvalue weighted by molar-refractivity contribution is 0.0733. The van der Waals surface area contributed by atoms with Crippen molar-refractivity contribution in [2.75, 3.05) is 6.54 Å². The van der Waals surface area contributed by atoms with Gasteiger partial charge in [-0.05, 0) is 12.5 Å². The third-order valence-corrected chi connectivity index (χ3v) is 4.80. The van der Waals surface area contributed by atoms with Crippen LogP contribution >= 0.6 is 0 Å². The van der Waals surface area contributed by atoms with Gasteiger partial charge in [-0.15, -0.1) is 0 Å². The highest BCUT2D eigenvalue weighted by molar-refractivity contribution is 6.06. The van der Waals surface area contributed by atoms with Crippen LogP contribution in [0.15, 0.2) is 47.5 Å². The molecule has 3 aromatic heterocycles. The summed E-state index contributed by atoms with van der Waals surface area (Å²) >= 11 is 0. The smallest absolute Gasteiger partial charge is 0.276 e. The number of carbonyl (C=O) groups is 1. The van der Waals surface area contributed by atoms with Gasteiger partial charge >= 0.3 is 0 Å². The summed E-state index contributed by atoms with van der Waals surface area (Å²) in [6, 6.07) is 9.49. The molecule has 0 spiro atoms. The van der Waals surface area contributed by atoms with Gasteiger partial charge in [-0.2, -0.15) is 0 Å². The Balaban J connectivity index is 1.54. The van der Waals surface area contributed by atoms with Crippen molar-refractivity contribution in [3.63, 3.8) is 0 Å². The van der Waals surface area contributed by atoms with E-state index in [0.717, 1.165) is 10.9 Å². The van der Waals surface area contributed by atoms with Crippen molar-refractivity contribution >= 4 is 22.5 Å². The summed E-state index contributed by atoms with van der Waals surface area (Å²) in [5, 5.41) is 3.78. The molecule has 0 fully saturated rings. The number of aromatic amines is 2. The quantitative estimate of drug-likeness (QED) is 0.556. The average Bonchev–Trinajstić information content (AvgIpc) is 3.27. The Morgan fingerprint density at radius 3 is 3.00 bits per heavy atom. The molecule has 7 heteroatoms. The molecule has 0 unspecified atom stereocenters. The van der Waals surface area contributed by atoms with Crippen LogP contribution < -0.4 is 5.56 Å². The largest absolute Gasteiger partial charge is 0.360 e. The third-order valence-electron chi connectivity index (χ3n) is 4.80. The van der Waals surface area contributed by atoms with Crippen LogP contribution in [0.5, 0.6) is 0 Å². The molecule has 7 nitrogen and oxygen atoms in total. The number of fused-ring (bicyclic) bond motifs is 3. The molecule has 4 aromatic rings. The van der Waals surface area contributed by atoms with Crippen molar-refractivity contribution in [1.29, 1.82) is 0 Å². The molecule has 4 heterocycles. The van der Waals surface area contributed by atoms with Crippen LogP contribution in [0.4, 0.5) is 0 Å². The SMILES string of the molecule is O=C(c1c[nH]c2ccccc12)N1CCc2c(nc3cc[nH]n3c2=O)C1. The number of benzene rings is 1. The fourth-order valence-electron chi connectivity index (χ4n) is 3.52. The van der Waals surface area contributed by atoms with E-state index < -0.39 is 0 Å². The molecule has 0 saturated carbocycles. The molecular formula is C18H15N5O2. The normalized spacial score (nSPS) is 14.2. The molecule has 0 saturated heterocycles. The first-order chi connectivity index (χ1) is 12.2. The van der Waals surface area contributed by atoms with Crippen LogP contribution in [0.2, 0.25) is 0 Å². The van der Waals surface area contributed by atoms with E-state index in [1.165, 1.54) is 4.52 Å². The van der Waals surface area contributed by atoms with Gasteiger partial charge in [0, 0.05) is 41.5 Å². The Morgan fingerprint density at radius 1 is 1.20 bits per heavy atom. The second kappa shape index (κ2) is 5.07. The lowest BCUT2D eigenvalue weighted by Crippen LogP contribution is -2.39. The van der Waals surface area contributed by atoms with Gasteiger partial charge in [-0.1, -0.05) is 18.2 Å². The minimum absolute atomic E-state index is 0.0424. The monoisotopic (exact) mass is 333 g/mol. The van der Waals surface area contributed by atoms with Crippen LogP contribution in [0.3, 0.4) is 0 Å². The highest BCUT2D eigenvalue weighted by Crippen LogP contribution is 2.22. The van der Waals surface area contributed by atoms with Gasteiger partial charge in [0.1, 0.15) is 0 Å². The second-order valence-electron chi connectivity index (χ2n) is 6.22. The van der Waals surface area contributed by atoms with Crippen LogP contribution in [0.25, 0.3) is 16.6 Å². The predicted octanol–water partition coefficient (Wildman–Crippen LogP) is 1.70. The first kappa shape index (κ1) is 14.0. The molecule has 5 rings (SSSR count). The van der Waals surface area contributed by atoms with Crippen molar-refractivity contribution in [1.82, 2.24) is 24.5 Å². The zero-order valence-electron chi connectivity index (χ0n) is 13.3. The van der Waals surface area contributed by atoms with Crippen molar-refractivity contribution in [2.45, 2.75) is 13.0 Å². The van der Waals surface area contributed by atoms with Crippen molar-refractivity contribution in [2.24, 2.45) is 0 Å². The first-order valence-electron chi connectivity index (χ1n) is 8.15. The molecule has 0 atom stereocenters. The first-order valence-corrected chi connectivity index (χ1v) is 8.15. The topological polar surface area (TPSA) is 86.3 Å². The molecule has 1 aromatic carbocycles. The molecule has 1 amide bonds. The van der Waals surface area contributed by atoms with E-state index in [1.54, 1.807) is 23.4 Å². The van der Waals surface area contributed by atoms with Gasteiger partial charge < -0.3 is 9.88 Å². The van der Waals surface area contributed by atoms with Crippen LogP contribution in [0.1, 0.15) is 21.6 Å². The van der Waals surface area contributed by atoms with E-state index >= 15 is 0 Å². The van der Waals surface area contributed by atoms with Crippen molar-refractivity contribution < 1.29 is 4.79 Å². The van der Waals surface area contributed by atoms with Crippen molar-refractivity contribution in [3.05, 3.63) is 69.9 Å². The lowest BCUT2D eigenvalue weighted by Gasteiger charge is -2.27. The maximum Gasteiger partial charge on any atom is 0.276 e. The number of carbonyl (C=O) groups excluding carboxylic acids is 1. The van der Waals surface area contributed by atoms with Crippen LogP contribution in [0, 0.1) is 0 Å². The standard InChI is InChI=1S/C18H15N5O2/c24-17(13-9-19-14-4-2-1-3-11(13)14)22-8-6-12-15(10-22)21-16-5-7-20-23(16)18(12)25/h1-5,7,9,19-20H,6,8,10H2. The molecule has 0 radical (unpaired) electrons. The average molecular weight is 333 g/mol. The fraction of sp³-hybridized carbons (Fsp3) is 0.167. The molecular weight excluding hydrogens is 318 g/mol. The molecule has 0 aliphatic carbocycles. The number of hydrogen-bond acceptors (Lipinski definition) is 3. The Labute approximate surface area is 141 Å². The number of H-pyrrole nitrogens is 2. The van der Waals surface area contributed by atoms with Gasteiger partial charge in [0.05, 0.1) is 17.8 Å². The van der Waals surface area contributed by atoms with Gasteiger partial charge in [0.2, 0.25) is 0 Å². The maximum atomic E-state index is 13.0. The Hall–Kier alpha value is -3.35. The minimum Gasteiger partial charge on any atom is -0.360 e. The van der Waals surface area contributed by atoms with Gasteiger partial charge in [0.15, 0.2) is 5.65 Å². The molecule has 1 aliphatic heterocycles. The number of aromatic nitrogens is 4. The summed E-state index contributed by atoms with van der Waals surface area (Å²) in [6.07, 6.45) is 3.95. The van der Waals surface area contributed by atoms with Gasteiger partial charge in [0.25, 0.3) is 11.5 Å². The zero-order valence-corrected chi connectivity index (χ0v) is 13.3. The number of rotatable bonds is 1. The van der Waals surface area contributed by atoms with E-state index in [2.05, 4.69) is 15.1 Å². The highest BCUT2D eigenvalue weighted by Gasteiger charge is 2.27. The summed E-state index contributed by atoms with van der Waals surface area (Å²) in [5.41, 5.74) is 3.45. The van der Waals surface area contributed by atoms with E-state index in [-0.39, 0.29) is 11.5 Å². The number of para-hydroxylation sites is 1. The summed E-state index contributed by atoms with van der Waals surface area (Å²) in [5.74, 6) is -0.0424. The maximum absolute atomic E-state index is 13.0. The fourth-order valence-corrected chi connectivity index (χ4v) is 3.52. The van der Waals surface area contributed by atoms with Gasteiger partial charge in [-0.3, -0.25) is 14.7 Å². The van der Waals surface area contributed by atoms with E-state index in [9.17, 15) is 9.59 Å². The van der Waals surface area contributed by atoms with E-state index in [1.807, 2.05) is 24.3 Å². The van der Waals surface area contributed by atoms with Crippen LogP contribution in [-0.4, -0.2) is 36.9 Å². The number of hydrogen-bond donors (Lipinski definition) is 2. The highest BCUT2D eigenvalue weighted by atomic mass is 16.2. The Morgan fingerprint density at radius 2 is 2.08 bits per heavy atom. The predicted molar refractivity (Wildman–Crippen MR) is 92.6 cm³/mol. The van der Waals surface area contributed by atoms with E-state index in [0.29, 0.717) is 42.0 Å². The van der Waals surface area contributed by atoms with Crippen LogP contribution in [-0.2, 0) is 13.0 Å². The summed E-state index contributed by atoms with van der Waals surface area (Å²) < 4.78 is 1.44.